The lowest BCUT2D eigenvalue weighted by Gasteiger charge is -2.16. The van der Waals surface area contributed by atoms with Crippen LogP contribution in [0.3, 0.4) is 0 Å². The molecule has 0 saturated carbocycles. The maximum absolute atomic E-state index is 11.1. The molecular weight excluding hydrogens is 262 g/mol. The van der Waals surface area contributed by atoms with E-state index in [4.69, 9.17) is 15.3 Å². The van der Waals surface area contributed by atoms with Gasteiger partial charge in [-0.1, -0.05) is 0 Å². The Kier molecular flexibility index (Phi) is 7.25. The number of allylic oxidation sites excluding steroid dienone is 2. The van der Waals surface area contributed by atoms with Crippen LogP contribution in [0, 0.1) is 0 Å². The van der Waals surface area contributed by atoms with Gasteiger partial charge in [-0.2, -0.15) is 0 Å². The molecule has 0 spiro atoms. The van der Waals surface area contributed by atoms with Crippen molar-refractivity contribution in [1.82, 2.24) is 4.90 Å². The van der Waals surface area contributed by atoms with Gasteiger partial charge < -0.3 is 20.2 Å². The molecule has 0 aliphatic heterocycles. The van der Waals surface area contributed by atoms with E-state index >= 15 is 0 Å². The van der Waals surface area contributed by atoms with Crippen LogP contribution < -0.4 is 0 Å². The first-order valence-corrected chi connectivity index (χ1v) is 6.99. The number of carbonyl (C=O) groups is 1. The SMILES string of the molecule is CS(=O)(=O)/C(=C/C=C/N(CCO)CCO)C(=O)O. The molecule has 7 nitrogen and oxygen atoms in total. The fourth-order valence-corrected chi connectivity index (χ4v) is 1.77. The Labute approximate surface area is 106 Å². The van der Waals surface area contributed by atoms with E-state index in [9.17, 15) is 13.2 Å². The quantitative estimate of drug-likeness (QED) is 0.377. The lowest BCUT2D eigenvalue weighted by atomic mass is 10.4. The van der Waals surface area contributed by atoms with Crippen molar-refractivity contribution >= 4 is 15.8 Å². The first-order chi connectivity index (χ1) is 8.32. The summed E-state index contributed by atoms with van der Waals surface area (Å²) in [4.78, 5) is 11.5. The molecule has 0 atom stereocenters. The minimum absolute atomic E-state index is 0.133. The molecule has 0 aromatic carbocycles. The number of sulfone groups is 1. The normalized spacial score (nSPS) is 12.9. The van der Waals surface area contributed by atoms with E-state index in [1.54, 1.807) is 0 Å². The highest BCUT2D eigenvalue weighted by molar-refractivity contribution is 7.95. The summed E-state index contributed by atoms with van der Waals surface area (Å²) in [5.41, 5.74) is 0. The lowest BCUT2D eigenvalue weighted by molar-refractivity contribution is -0.131. The van der Waals surface area contributed by atoms with Gasteiger partial charge in [-0.15, -0.1) is 0 Å². The van der Waals surface area contributed by atoms with E-state index in [-0.39, 0.29) is 26.3 Å². The predicted molar refractivity (Wildman–Crippen MR) is 65.4 cm³/mol. The van der Waals surface area contributed by atoms with Gasteiger partial charge in [0.2, 0.25) is 0 Å². The minimum Gasteiger partial charge on any atom is -0.477 e. The van der Waals surface area contributed by atoms with Crippen molar-refractivity contribution in [3.8, 4) is 0 Å². The molecule has 0 bridgehead atoms. The first kappa shape index (κ1) is 16.6. The summed E-state index contributed by atoms with van der Waals surface area (Å²) in [7, 11) is -3.79. The van der Waals surface area contributed by atoms with Gasteiger partial charge in [0, 0.05) is 19.3 Å². The molecule has 0 radical (unpaired) electrons. The third kappa shape index (κ3) is 6.38. The van der Waals surface area contributed by atoms with Crippen LogP contribution in [0.15, 0.2) is 23.3 Å². The Balaban J connectivity index is 4.89. The average molecular weight is 279 g/mol. The van der Waals surface area contributed by atoms with Gasteiger partial charge in [0.25, 0.3) is 0 Å². The third-order valence-electron chi connectivity index (χ3n) is 1.93. The molecule has 3 N–H and O–H groups in total. The van der Waals surface area contributed by atoms with Crippen LogP contribution in [0.25, 0.3) is 0 Å². The van der Waals surface area contributed by atoms with Gasteiger partial charge in [-0.3, -0.25) is 0 Å². The van der Waals surface area contributed by atoms with Crippen LogP contribution in [0.4, 0.5) is 0 Å². The lowest BCUT2D eigenvalue weighted by Crippen LogP contribution is -2.24. The molecule has 0 aromatic heterocycles. The Morgan fingerprint density at radius 2 is 1.72 bits per heavy atom. The van der Waals surface area contributed by atoms with Crippen LogP contribution in [0.2, 0.25) is 0 Å². The van der Waals surface area contributed by atoms with Crippen molar-refractivity contribution in [1.29, 1.82) is 0 Å². The maximum atomic E-state index is 11.1. The van der Waals surface area contributed by atoms with Crippen molar-refractivity contribution in [2.24, 2.45) is 0 Å². The van der Waals surface area contributed by atoms with E-state index in [0.717, 1.165) is 12.3 Å². The van der Waals surface area contributed by atoms with Crippen molar-refractivity contribution < 1.29 is 28.5 Å². The molecular formula is C10H17NO6S. The minimum atomic E-state index is -3.79. The molecule has 0 saturated heterocycles. The average Bonchev–Trinajstić information content (AvgIpc) is 2.22. The largest absolute Gasteiger partial charge is 0.477 e. The Morgan fingerprint density at radius 1 is 1.22 bits per heavy atom. The number of aliphatic hydroxyl groups excluding tert-OH is 2. The molecule has 0 aromatic rings. The molecule has 0 rings (SSSR count). The fourth-order valence-electron chi connectivity index (χ4n) is 1.12. The first-order valence-electron chi connectivity index (χ1n) is 5.10. The maximum Gasteiger partial charge on any atom is 0.347 e. The second-order valence-corrected chi connectivity index (χ2v) is 5.42. The number of carboxylic acids is 1. The molecule has 0 amide bonds. The fraction of sp³-hybridized carbons (Fsp3) is 0.500. The number of nitrogens with zero attached hydrogens (tertiary/aromatic N) is 1. The zero-order valence-electron chi connectivity index (χ0n) is 9.98. The van der Waals surface area contributed by atoms with Crippen LogP contribution in [-0.2, 0) is 14.6 Å². The number of aliphatic hydroxyl groups is 2. The molecule has 0 unspecified atom stereocenters. The zero-order chi connectivity index (χ0) is 14.2. The van der Waals surface area contributed by atoms with Gasteiger partial charge in [0.1, 0.15) is 0 Å². The van der Waals surface area contributed by atoms with Crippen LogP contribution in [0.5, 0.6) is 0 Å². The topological polar surface area (TPSA) is 115 Å². The highest BCUT2D eigenvalue weighted by Crippen LogP contribution is 2.05. The molecule has 0 aliphatic rings. The molecule has 18 heavy (non-hydrogen) atoms. The summed E-state index contributed by atoms with van der Waals surface area (Å²) < 4.78 is 22.2. The number of hydrogen-bond donors (Lipinski definition) is 3. The molecule has 0 heterocycles. The van der Waals surface area contributed by atoms with Crippen molar-refractivity contribution in [3.05, 3.63) is 23.3 Å². The molecule has 8 heteroatoms. The Morgan fingerprint density at radius 3 is 2.06 bits per heavy atom. The summed E-state index contributed by atoms with van der Waals surface area (Å²) in [6.07, 6.45) is 4.41. The monoisotopic (exact) mass is 279 g/mol. The summed E-state index contributed by atoms with van der Waals surface area (Å²) in [5.74, 6) is -1.53. The third-order valence-corrected chi connectivity index (χ3v) is 3.04. The molecule has 0 aliphatic carbocycles. The zero-order valence-corrected chi connectivity index (χ0v) is 10.8. The Hall–Kier alpha value is -1.38. The summed E-state index contributed by atoms with van der Waals surface area (Å²) in [6, 6.07) is 0. The van der Waals surface area contributed by atoms with E-state index < -0.39 is 20.7 Å². The number of hydrogen-bond acceptors (Lipinski definition) is 6. The summed E-state index contributed by atoms with van der Waals surface area (Å²) >= 11 is 0. The van der Waals surface area contributed by atoms with Gasteiger partial charge in [0.05, 0.1) is 13.2 Å². The second-order valence-electron chi connectivity index (χ2n) is 3.43. The Bertz CT molecular complexity index is 420. The van der Waals surface area contributed by atoms with Crippen LogP contribution >= 0.6 is 0 Å². The highest BCUT2D eigenvalue weighted by atomic mass is 32.2. The van der Waals surface area contributed by atoms with Crippen molar-refractivity contribution in [3.63, 3.8) is 0 Å². The standard InChI is InChI=1S/C10H17NO6S/c1-18(16,17)9(10(14)15)3-2-4-11(5-7-12)6-8-13/h2-4,12-13H,5-8H2,1H3,(H,14,15)/b4-2+,9-3+. The second kappa shape index (κ2) is 7.85. The van der Waals surface area contributed by atoms with Gasteiger partial charge in [-0.25, -0.2) is 13.2 Å². The van der Waals surface area contributed by atoms with Crippen LogP contribution in [0.1, 0.15) is 0 Å². The van der Waals surface area contributed by atoms with Gasteiger partial charge in [-0.05, 0) is 18.4 Å². The van der Waals surface area contributed by atoms with Crippen molar-refractivity contribution in [2.75, 3.05) is 32.6 Å². The van der Waals surface area contributed by atoms with E-state index in [0.29, 0.717) is 0 Å². The molecule has 0 fully saturated rings. The smallest absolute Gasteiger partial charge is 0.347 e. The predicted octanol–water partition coefficient (Wildman–Crippen LogP) is -1.20. The van der Waals surface area contributed by atoms with Gasteiger partial charge >= 0.3 is 5.97 Å². The number of rotatable bonds is 8. The molecule has 104 valence electrons. The number of aliphatic carboxylic acids is 1. The van der Waals surface area contributed by atoms with Gasteiger partial charge in [0.15, 0.2) is 14.7 Å². The van der Waals surface area contributed by atoms with E-state index in [1.807, 2.05) is 0 Å². The van der Waals surface area contributed by atoms with E-state index in [1.165, 1.54) is 17.2 Å². The van der Waals surface area contributed by atoms with Crippen LogP contribution in [-0.4, -0.2) is 67.2 Å². The number of carboxylic acid groups (broad SMARTS) is 1. The highest BCUT2D eigenvalue weighted by Gasteiger charge is 2.18. The summed E-state index contributed by atoms with van der Waals surface area (Å²) in [6.45, 7) is 0.246. The van der Waals surface area contributed by atoms with Crippen molar-refractivity contribution in [2.45, 2.75) is 0 Å². The summed E-state index contributed by atoms with van der Waals surface area (Å²) in [5, 5.41) is 26.2. The van der Waals surface area contributed by atoms with E-state index in [2.05, 4.69) is 0 Å².